The molecule has 1 aromatic rings. The average molecular weight is 298 g/mol. The van der Waals surface area contributed by atoms with E-state index in [1.807, 2.05) is 0 Å². The number of nitrogens with zero attached hydrogens (tertiary/aromatic N) is 1. The van der Waals surface area contributed by atoms with Crippen molar-refractivity contribution in [2.24, 2.45) is 5.92 Å². The smallest absolute Gasteiger partial charge is 0.326 e. The third-order valence-corrected chi connectivity index (χ3v) is 3.56. The van der Waals surface area contributed by atoms with Crippen molar-refractivity contribution in [3.8, 4) is 0 Å². The Morgan fingerprint density at radius 3 is 2.48 bits per heavy atom. The van der Waals surface area contributed by atoms with Crippen LogP contribution in [-0.2, 0) is 4.79 Å². The number of rotatable bonds is 2. The normalized spacial score (nSPS) is 22.0. The molecule has 0 aromatic heterocycles. The summed E-state index contributed by atoms with van der Waals surface area (Å²) in [5.74, 6) is -2.88. The number of likely N-dealkylation sites (tertiary alicyclic amines) is 1. The number of benzene rings is 1. The summed E-state index contributed by atoms with van der Waals surface area (Å²) in [5, 5.41) is 11.6. The van der Waals surface area contributed by atoms with Gasteiger partial charge in [0.05, 0.1) is 0 Å². The van der Waals surface area contributed by atoms with Crippen LogP contribution in [0.25, 0.3) is 0 Å². The topological polar surface area (TPSA) is 69.6 Å². The molecular weight excluding hydrogens is 282 g/mol. The Morgan fingerprint density at radius 1 is 1.29 bits per heavy atom. The molecule has 1 aliphatic rings. The number of carbonyl (C=O) groups excluding carboxylic acids is 1. The maximum Gasteiger partial charge on any atom is 0.326 e. The van der Waals surface area contributed by atoms with E-state index in [-0.39, 0.29) is 11.6 Å². The van der Waals surface area contributed by atoms with E-state index in [2.05, 4.69) is 5.32 Å². The number of carboxylic acid groups (broad SMARTS) is 1. The van der Waals surface area contributed by atoms with Crippen molar-refractivity contribution in [1.29, 1.82) is 0 Å². The van der Waals surface area contributed by atoms with Crippen molar-refractivity contribution in [3.05, 3.63) is 29.8 Å². The molecule has 2 N–H and O–H groups in total. The number of nitrogens with one attached hydrogen (secondary N) is 1. The van der Waals surface area contributed by atoms with E-state index in [0.717, 1.165) is 18.6 Å². The number of anilines is 1. The van der Waals surface area contributed by atoms with Gasteiger partial charge in [0, 0.05) is 18.3 Å². The first-order valence-corrected chi connectivity index (χ1v) is 6.65. The number of piperidine rings is 1. The molecule has 2 atom stereocenters. The van der Waals surface area contributed by atoms with Crippen LogP contribution < -0.4 is 5.32 Å². The highest BCUT2D eigenvalue weighted by Gasteiger charge is 2.37. The number of aliphatic carboxylic acids is 1. The fraction of sp³-hybridized carbons (Fsp3) is 0.429. The average Bonchev–Trinajstić information content (AvgIpc) is 2.36. The Balaban J connectivity index is 2.16. The minimum Gasteiger partial charge on any atom is -0.480 e. The standard InChI is InChI=1S/C14H16F2N2O3/c1-8-3-2-4-18(12(8)13(19)20)14(21)17-11-6-9(15)5-10(16)7-11/h5-8,12H,2-4H2,1H3,(H,17,21)(H,19,20). The van der Waals surface area contributed by atoms with Crippen LogP contribution in [0.5, 0.6) is 0 Å². The predicted molar refractivity (Wildman–Crippen MR) is 71.9 cm³/mol. The third kappa shape index (κ3) is 3.48. The minimum atomic E-state index is -1.08. The van der Waals surface area contributed by atoms with E-state index >= 15 is 0 Å². The molecule has 7 heteroatoms. The fourth-order valence-corrected chi connectivity index (χ4v) is 2.61. The zero-order valence-corrected chi connectivity index (χ0v) is 11.5. The molecule has 5 nitrogen and oxygen atoms in total. The van der Waals surface area contributed by atoms with Crippen LogP contribution in [0.2, 0.25) is 0 Å². The van der Waals surface area contributed by atoms with Crippen molar-refractivity contribution >= 4 is 17.7 Å². The molecule has 0 saturated carbocycles. The van der Waals surface area contributed by atoms with Crippen molar-refractivity contribution in [1.82, 2.24) is 4.90 Å². The Kier molecular flexibility index (Phi) is 4.40. The first kappa shape index (κ1) is 15.2. The van der Waals surface area contributed by atoms with E-state index < -0.39 is 29.7 Å². The summed E-state index contributed by atoms with van der Waals surface area (Å²) < 4.78 is 26.2. The number of carboxylic acids is 1. The van der Waals surface area contributed by atoms with Crippen LogP contribution in [0, 0.1) is 17.6 Å². The van der Waals surface area contributed by atoms with Gasteiger partial charge < -0.3 is 15.3 Å². The monoisotopic (exact) mass is 298 g/mol. The van der Waals surface area contributed by atoms with E-state index in [4.69, 9.17) is 0 Å². The summed E-state index contributed by atoms with van der Waals surface area (Å²) in [6, 6.07) is 1.04. The van der Waals surface area contributed by atoms with Crippen LogP contribution in [-0.4, -0.2) is 34.6 Å². The molecule has 1 heterocycles. The number of halogens is 2. The summed E-state index contributed by atoms with van der Waals surface area (Å²) in [4.78, 5) is 24.6. The van der Waals surface area contributed by atoms with Gasteiger partial charge in [0.25, 0.3) is 0 Å². The number of urea groups is 1. The lowest BCUT2D eigenvalue weighted by Gasteiger charge is -2.37. The lowest BCUT2D eigenvalue weighted by molar-refractivity contribution is -0.145. The second-order valence-corrected chi connectivity index (χ2v) is 5.18. The van der Waals surface area contributed by atoms with Gasteiger partial charge in [-0.25, -0.2) is 18.4 Å². The zero-order chi connectivity index (χ0) is 15.6. The molecular formula is C14H16F2N2O3. The molecule has 21 heavy (non-hydrogen) atoms. The summed E-state index contributed by atoms with van der Waals surface area (Å²) in [5.41, 5.74) is -0.0418. The molecule has 0 radical (unpaired) electrons. The van der Waals surface area contributed by atoms with Gasteiger partial charge in [-0.3, -0.25) is 0 Å². The maximum absolute atomic E-state index is 13.1. The molecule has 0 spiro atoms. The van der Waals surface area contributed by atoms with Gasteiger partial charge in [-0.15, -0.1) is 0 Å². The van der Waals surface area contributed by atoms with Gasteiger partial charge in [-0.1, -0.05) is 6.92 Å². The minimum absolute atomic E-state index is 0.0418. The predicted octanol–water partition coefficient (Wildman–Crippen LogP) is 2.68. The number of hydrogen-bond donors (Lipinski definition) is 2. The summed E-state index contributed by atoms with van der Waals surface area (Å²) in [6.45, 7) is 2.06. The van der Waals surface area contributed by atoms with Crippen molar-refractivity contribution in [3.63, 3.8) is 0 Å². The second kappa shape index (κ2) is 6.07. The van der Waals surface area contributed by atoms with Gasteiger partial charge in [0.15, 0.2) is 0 Å². The van der Waals surface area contributed by atoms with Gasteiger partial charge in [-0.2, -0.15) is 0 Å². The largest absolute Gasteiger partial charge is 0.480 e. The highest BCUT2D eigenvalue weighted by molar-refractivity contribution is 5.92. The summed E-state index contributed by atoms with van der Waals surface area (Å²) >= 11 is 0. The highest BCUT2D eigenvalue weighted by atomic mass is 19.1. The molecule has 1 saturated heterocycles. The lowest BCUT2D eigenvalue weighted by atomic mass is 9.91. The summed E-state index contributed by atoms with van der Waals surface area (Å²) in [7, 11) is 0. The van der Waals surface area contributed by atoms with Crippen LogP contribution in [0.3, 0.4) is 0 Å². The van der Waals surface area contributed by atoms with Gasteiger partial charge in [0.2, 0.25) is 0 Å². The van der Waals surface area contributed by atoms with Crippen molar-refractivity contribution in [2.75, 3.05) is 11.9 Å². The molecule has 2 rings (SSSR count). The van der Waals surface area contributed by atoms with E-state index in [9.17, 15) is 23.5 Å². The second-order valence-electron chi connectivity index (χ2n) is 5.18. The number of carbonyl (C=O) groups is 2. The van der Waals surface area contributed by atoms with E-state index in [0.29, 0.717) is 19.0 Å². The lowest BCUT2D eigenvalue weighted by Crippen LogP contribution is -2.53. The molecule has 114 valence electrons. The molecule has 2 amide bonds. The Morgan fingerprint density at radius 2 is 1.90 bits per heavy atom. The van der Waals surface area contributed by atoms with E-state index in [1.165, 1.54) is 4.90 Å². The maximum atomic E-state index is 13.1. The van der Waals surface area contributed by atoms with Gasteiger partial charge in [0.1, 0.15) is 17.7 Å². The molecule has 1 aliphatic heterocycles. The van der Waals surface area contributed by atoms with Gasteiger partial charge >= 0.3 is 12.0 Å². The van der Waals surface area contributed by atoms with Crippen LogP contribution >= 0.6 is 0 Å². The fourth-order valence-electron chi connectivity index (χ4n) is 2.61. The third-order valence-electron chi connectivity index (χ3n) is 3.56. The van der Waals surface area contributed by atoms with Crippen LogP contribution in [0.1, 0.15) is 19.8 Å². The van der Waals surface area contributed by atoms with Crippen LogP contribution in [0.4, 0.5) is 19.3 Å². The molecule has 0 bridgehead atoms. The first-order valence-electron chi connectivity index (χ1n) is 6.65. The Bertz CT molecular complexity index is 545. The first-order chi connectivity index (χ1) is 9.88. The highest BCUT2D eigenvalue weighted by Crippen LogP contribution is 2.24. The van der Waals surface area contributed by atoms with Gasteiger partial charge in [-0.05, 0) is 30.9 Å². The Hall–Kier alpha value is -2.18. The van der Waals surface area contributed by atoms with Crippen molar-refractivity contribution in [2.45, 2.75) is 25.8 Å². The molecule has 0 aliphatic carbocycles. The Labute approximate surface area is 120 Å². The quantitative estimate of drug-likeness (QED) is 0.882. The molecule has 1 aromatic carbocycles. The van der Waals surface area contributed by atoms with E-state index in [1.54, 1.807) is 6.92 Å². The zero-order valence-electron chi connectivity index (χ0n) is 11.5. The van der Waals surface area contributed by atoms with Crippen LogP contribution in [0.15, 0.2) is 18.2 Å². The SMILES string of the molecule is CC1CCCN(C(=O)Nc2cc(F)cc(F)c2)C1C(=O)O. The van der Waals surface area contributed by atoms with Crippen molar-refractivity contribution < 1.29 is 23.5 Å². The molecule has 2 unspecified atom stereocenters. The number of amides is 2. The summed E-state index contributed by atoms with van der Waals surface area (Å²) in [6.07, 6.45) is 1.41. The number of hydrogen-bond acceptors (Lipinski definition) is 2. The molecule has 1 fully saturated rings.